The van der Waals surface area contributed by atoms with E-state index in [9.17, 15) is 19.7 Å². The number of rotatable bonds is 6. The SMILES string of the molecule is C[C@@H]1CCCN(c2ccc(C(=O)OCC(=O)c3ccc[nH]3)cc2[N+](=O)[O-])C1. The van der Waals surface area contributed by atoms with Crippen LogP contribution in [0.15, 0.2) is 36.5 Å². The highest BCUT2D eigenvalue weighted by atomic mass is 16.6. The van der Waals surface area contributed by atoms with Gasteiger partial charge >= 0.3 is 5.97 Å². The van der Waals surface area contributed by atoms with E-state index < -0.39 is 17.5 Å². The zero-order valence-electron chi connectivity index (χ0n) is 15.0. The number of nitrogens with one attached hydrogen (secondary N) is 1. The molecule has 0 aliphatic carbocycles. The number of anilines is 1. The number of carbonyl (C=O) groups excluding carboxylic acids is 2. The van der Waals surface area contributed by atoms with Crippen molar-refractivity contribution < 1.29 is 19.2 Å². The van der Waals surface area contributed by atoms with Crippen LogP contribution in [-0.4, -0.2) is 41.4 Å². The molecule has 1 fully saturated rings. The van der Waals surface area contributed by atoms with Crippen molar-refractivity contribution in [3.63, 3.8) is 0 Å². The number of nitro benzene ring substituents is 1. The second-order valence-corrected chi connectivity index (χ2v) is 6.74. The molecule has 142 valence electrons. The van der Waals surface area contributed by atoms with E-state index in [0.29, 0.717) is 17.3 Å². The zero-order valence-corrected chi connectivity index (χ0v) is 15.0. The topological polar surface area (TPSA) is 106 Å². The van der Waals surface area contributed by atoms with Crippen molar-refractivity contribution in [2.24, 2.45) is 5.92 Å². The van der Waals surface area contributed by atoms with Gasteiger partial charge in [-0.15, -0.1) is 0 Å². The first-order valence-electron chi connectivity index (χ1n) is 8.83. The van der Waals surface area contributed by atoms with Crippen molar-refractivity contribution in [3.05, 3.63) is 57.9 Å². The van der Waals surface area contributed by atoms with Crippen molar-refractivity contribution in [1.82, 2.24) is 4.98 Å². The molecule has 1 N–H and O–H groups in total. The lowest BCUT2D eigenvalue weighted by Gasteiger charge is -2.32. The second kappa shape index (κ2) is 8.03. The first-order chi connectivity index (χ1) is 13.0. The molecule has 0 radical (unpaired) electrons. The largest absolute Gasteiger partial charge is 0.454 e. The number of carbonyl (C=O) groups is 2. The number of ether oxygens (including phenoxy) is 1. The third kappa shape index (κ3) is 4.33. The van der Waals surface area contributed by atoms with Crippen LogP contribution in [0.25, 0.3) is 0 Å². The van der Waals surface area contributed by atoms with Gasteiger partial charge in [0.2, 0.25) is 5.78 Å². The maximum absolute atomic E-state index is 12.2. The molecule has 1 saturated heterocycles. The molecule has 0 spiro atoms. The molecule has 1 aliphatic rings. The fourth-order valence-electron chi connectivity index (χ4n) is 3.27. The monoisotopic (exact) mass is 371 g/mol. The predicted molar refractivity (Wildman–Crippen MR) is 99.1 cm³/mol. The third-order valence-electron chi connectivity index (χ3n) is 4.64. The van der Waals surface area contributed by atoms with Crippen LogP contribution < -0.4 is 4.90 Å². The number of benzene rings is 1. The molecule has 27 heavy (non-hydrogen) atoms. The summed E-state index contributed by atoms with van der Waals surface area (Å²) in [5.41, 5.74) is 0.762. The molecule has 1 atom stereocenters. The minimum atomic E-state index is -0.767. The number of Topliss-reactive ketones (excluding diaryl/α,β-unsaturated/α-hetero) is 1. The Morgan fingerprint density at radius 2 is 2.19 bits per heavy atom. The Morgan fingerprint density at radius 1 is 1.37 bits per heavy atom. The van der Waals surface area contributed by atoms with E-state index in [1.54, 1.807) is 24.4 Å². The third-order valence-corrected chi connectivity index (χ3v) is 4.64. The minimum Gasteiger partial charge on any atom is -0.454 e. The molecule has 1 aromatic carbocycles. The molecule has 2 heterocycles. The summed E-state index contributed by atoms with van der Waals surface area (Å²) < 4.78 is 5.01. The van der Waals surface area contributed by atoms with E-state index in [-0.39, 0.29) is 17.0 Å². The van der Waals surface area contributed by atoms with E-state index in [1.807, 2.05) is 4.90 Å². The van der Waals surface area contributed by atoms with Gasteiger partial charge in [-0.25, -0.2) is 4.79 Å². The lowest BCUT2D eigenvalue weighted by atomic mass is 9.99. The fraction of sp³-hybridized carbons (Fsp3) is 0.368. The van der Waals surface area contributed by atoms with Gasteiger partial charge in [0.15, 0.2) is 6.61 Å². The maximum atomic E-state index is 12.2. The Bertz CT molecular complexity index is 847. The van der Waals surface area contributed by atoms with Gasteiger partial charge in [-0.1, -0.05) is 6.92 Å². The number of nitrogens with zero attached hydrogens (tertiary/aromatic N) is 2. The standard InChI is InChI=1S/C19H21N3O5/c1-13-4-3-9-21(11-13)16-7-6-14(10-17(16)22(25)26)19(24)27-12-18(23)15-5-2-8-20-15/h2,5-8,10,13,20H,3-4,9,11-12H2,1H3/t13-/m1/s1. The van der Waals surface area contributed by atoms with Crippen LogP contribution >= 0.6 is 0 Å². The van der Waals surface area contributed by atoms with Crippen LogP contribution in [0.5, 0.6) is 0 Å². The molecule has 0 bridgehead atoms. The van der Waals surface area contributed by atoms with Gasteiger partial charge in [0, 0.05) is 25.4 Å². The van der Waals surface area contributed by atoms with Crippen LogP contribution in [0.3, 0.4) is 0 Å². The maximum Gasteiger partial charge on any atom is 0.338 e. The summed E-state index contributed by atoms with van der Waals surface area (Å²) in [5, 5.41) is 11.5. The van der Waals surface area contributed by atoms with Crippen molar-refractivity contribution in [2.45, 2.75) is 19.8 Å². The van der Waals surface area contributed by atoms with E-state index >= 15 is 0 Å². The number of aromatic amines is 1. The van der Waals surface area contributed by atoms with Crippen molar-refractivity contribution in [2.75, 3.05) is 24.6 Å². The van der Waals surface area contributed by atoms with E-state index in [1.165, 1.54) is 12.1 Å². The van der Waals surface area contributed by atoms with Crippen LogP contribution in [0.4, 0.5) is 11.4 Å². The Kier molecular flexibility index (Phi) is 5.54. The molecule has 0 amide bonds. The normalized spacial score (nSPS) is 16.8. The minimum absolute atomic E-state index is 0.0507. The fourth-order valence-corrected chi connectivity index (χ4v) is 3.27. The molecular formula is C19H21N3O5. The molecule has 3 rings (SSSR count). The Balaban J connectivity index is 1.74. The molecule has 8 nitrogen and oxygen atoms in total. The zero-order chi connectivity index (χ0) is 19.4. The first kappa shape index (κ1) is 18.6. The number of H-pyrrole nitrogens is 1. The summed E-state index contributed by atoms with van der Waals surface area (Å²) in [5.74, 6) is -0.680. The quantitative estimate of drug-likeness (QED) is 0.362. The second-order valence-electron chi connectivity index (χ2n) is 6.74. The Hall–Kier alpha value is -3.16. The molecule has 8 heteroatoms. The molecule has 2 aromatic rings. The summed E-state index contributed by atoms with van der Waals surface area (Å²) in [6, 6.07) is 7.55. The lowest BCUT2D eigenvalue weighted by Crippen LogP contribution is -2.34. The van der Waals surface area contributed by atoms with E-state index in [2.05, 4.69) is 11.9 Å². The Morgan fingerprint density at radius 3 is 2.85 bits per heavy atom. The summed E-state index contributed by atoms with van der Waals surface area (Å²) in [6.07, 6.45) is 3.67. The van der Waals surface area contributed by atoms with Crippen LogP contribution in [0.1, 0.15) is 40.6 Å². The molecule has 1 aromatic heterocycles. The smallest absolute Gasteiger partial charge is 0.338 e. The van der Waals surface area contributed by atoms with Gasteiger partial charge in [0.1, 0.15) is 5.69 Å². The Labute approximate surface area is 156 Å². The van der Waals surface area contributed by atoms with Crippen molar-refractivity contribution in [3.8, 4) is 0 Å². The highest BCUT2D eigenvalue weighted by molar-refractivity contribution is 5.98. The highest BCUT2D eigenvalue weighted by Gasteiger charge is 2.25. The number of piperidine rings is 1. The molecule has 0 saturated carbocycles. The van der Waals surface area contributed by atoms with Gasteiger partial charge < -0.3 is 14.6 Å². The molecule has 0 unspecified atom stereocenters. The van der Waals surface area contributed by atoms with Gasteiger partial charge in [0.05, 0.1) is 16.2 Å². The van der Waals surface area contributed by atoms with Gasteiger partial charge in [-0.05, 0) is 43.0 Å². The average Bonchev–Trinajstić information content (AvgIpc) is 3.20. The van der Waals surface area contributed by atoms with Crippen molar-refractivity contribution in [1.29, 1.82) is 0 Å². The van der Waals surface area contributed by atoms with Gasteiger partial charge in [-0.2, -0.15) is 0 Å². The van der Waals surface area contributed by atoms with Crippen LogP contribution in [0.2, 0.25) is 0 Å². The van der Waals surface area contributed by atoms with E-state index in [0.717, 1.165) is 25.9 Å². The number of nitro groups is 1. The number of hydrogen-bond donors (Lipinski definition) is 1. The molecular weight excluding hydrogens is 350 g/mol. The van der Waals surface area contributed by atoms with Crippen molar-refractivity contribution >= 4 is 23.1 Å². The number of esters is 1. The van der Waals surface area contributed by atoms with Crippen LogP contribution in [0, 0.1) is 16.0 Å². The predicted octanol–water partition coefficient (Wildman–Crippen LogP) is 3.20. The van der Waals surface area contributed by atoms with Gasteiger partial charge in [0.25, 0.3) is 5.69 Å². The summed E-state index contributed by atoms with van der Waals surface area (Å²) in [4.78, 5) is 39.8. The average molecular weight is 371 g/mol. The summed E-state index contributed by atoms with van der Waals surface area (Å²) >= 11 is 0. The summed E-state index contributed by atoms with van der Waals surface area (Å²) in [7, 11) is 0. The molecule has 1 aliphatic heterocycles. The highest BCUT2D eigenvalue weighted by Crippen LogP contribution is 2.32. The van der Waals surface area contributed by atoms with Gasteiger partial charge in [-0.3, -0.25) is 14.9 Å². The number of hydrogen-bond acceptors (Lipinski definition) is 6. The number of aromatic nitrogens is 1. The summed E-state index contributed by atoms with van der Waals surface area (Å²) in [6.45, 7) is 3.18. The number of ketones is 1. The van der Waals surface area contributed by atoms with E-state index in [4.69, 9.17) is 4.74 Å². The lowest BCUT2D eigenvalue weighted by molar-refractivity contribution is -0.384. The van der Waals surface area contributed by atoms with Crippen LogP contribution in [-0.2, 0) is 4.74 Å². The first-order valence-corrected chi connectivity index (χ1v) is 8.83.